The maximum atomic E-state index is 11.6. The Labute approximate surface area is 93.1 Å². The molecular formula is C7H5ClF2MgO. The molecule has 12 heavy (non-hydrogen) atoms. The number of benzene rings is 1. The zero-order valence-corrected chi connectivity index (χ0v) is 8.23. The van der Waals surface area contributed by atoms with E-state index in [1.54, 1.807) is 0 Å². The molecule has 0 fully saturated rings. The Morgan fingerprint density at radius 1 is 1.50 bits per heavy atom. The summed E-state index contributed by atoms with van der Waals surface area (Å²) in [4.78, 5) is 0. The topological polar surface area (TPSA) is 9.23 Å². The first-order valence-corrected chi connectivity index (χ1v) is 2.61. The summed E-state index contributed by atoms with van der Waals surface area (Å²) in [5.41, 5.74) is 0. The van der Waals surface area contributed by atoms with Crippen molar-refractivity contribution in [1.29, 1.82) is 0 Å². The second-order valence-electron chi connectivity index (χ2n) is 1.55. The molecule has 0 heterocycles. The fourth-order valence-corrected chi connectivity index (χ4v) is 0.509. The summed E-state index contributed by atoms with van der Waals surface area (Å²) < 4.78 is 34.1. The number of halogens is 3. The van der Waals surface area contributed by atoms with Crippen LogP contribution in [0.4, 0.5) is 8.78 Å². The molecule has 0 radical (unpaired) electrons. The monoisotopic (exact) mass is 203 g/mol. The molecule has 0 saturated heterocycles. The van der Waals surface area contributed by atoms with Gasteiger partial charge in [0.1, 0.15) is 0 Å². The zero-order chi connectivity index (χ0) is 8.27. The summed E-state index contributed by atoms with van der Waals surface area (Å²) in [6, 6.07) is 6.37. The van der Waals surface area contributed by atoms with Crippen molar-refractivity contribution in [2.45, 2.75) is 6.61 Å². The van der Waals surface area contributed by atoms with Gasteiger partial charge in [0.25, 0.3) is 0 Å². The molecule has 0 aliphatic heterocycles. The number of alkyl halides is 2. The molecule has 1 aromatic rings. The standard InChI is InChI=1S/C7H5F2O.ClH.Mg/c8-7(9)10-6-4-2-1-3-5-6;;/h2-5,7H;1H;/q-1;;+2/p-1/i2D;;. The third kappa shape index (κ3) is 5.57. The zero-order valence-electron chi connectivity index (χ0n) is 7.06. The maximum absolute atomic E-state index is 11.6. The summed E-state index contributed by atoms with van der Waals surface area (Å²) in [6.07, 6.45) is 0. The Morgan fingerprint density at radius 3 is 2.67 bits per heavy atom. The first-order valence-electron chi connectivity index (χ1n) is 3.11. The summed E-state index contributed by atoms with van der Waals surface area (Å²) in [5.74, 6) is -0.0104. The predicted octanol–water partition coefficient (Wildman–Crippen LogP) is -1.29. The van der Waals surface area contributed by atoms with Crippen LogP contribution in [0.3, 0.4) is 0 Å². The van der Waals surface area contributed by atoms with Gasteiger partial charge >= 0.3 is 29.7 Å². The van der Waals surface area contributed by atoms with E-state index in [9.17, 15) is 8.78 Å². The molecule has 62 valence electrons. The fourth-order valence-electron chi connectivity index (χ4n) is 0.509. The van der Waals surface area contributed by atoms with Gasteiger partial charge in [0, 0.05) is 7.12 Å². The first-order chi connectivity index (χ1) is 5.18. The van der Waals surface area contributed by atoms with E-state index in [1.165, 1.54) is 18.2 Å². The quantitative estimate of drug-likeness (QED) is 0.430. The smallest absolute Gasteiger partial charge is 1.00 e. The molecule has 0 aliphatic carbocycles. The fraction of sp³-hybridized carbons (Fsp3) is 0.143. The number of ether oxygens (including phenoxy) is 1. The van der Waals surface area contributed by atoms with E-state index in [0.29, 0.717) is 0 Å². The van der Waals surface area contributed by atoms with Crippen LogP contribution in [0.5, 0.6) is 5.75 Å². The Balaban J connectivity index is 0. The maximum Gasteiger partial charge on any atom is 2.00 e. The first kappa shape index (κ1) is 11.9. The van der Waals surface area contributed by atoms with Crippen LogP contribution < -0.4 is 17.1 Å². The second-order valence-corrected chi connectivity index (χ2v) is 1.55. The van der Waals surface area contributed by atoms with E-state index in [0.717, 1.165) is 0 Å². The molecule has 5 heteroatoms. The normalized spacial score (nSPS) is 9.42. The van der Waals surface area contributed by atoms with Crippen LogP contribution in [0.25, 0.3) is 0 Å². The third-order valence-corrected chi connectivity index (χ3v) is 0.854. The van der Waals surface area contributed by atoms with Crippen LogP contribution in [0, 0.1) is 6.07 Å². The van der Waals surface area contributed by atoms with Gasteiger partial charge in [-0.2, -0.15) is 27.0 Å². The second kappa shape index (κ2) is 7.58. The Bertz CT molecular complexity index is 250. The average Bonchev–Trinajstić information content (AvgIpc) is 1.85. The van der Waals surface area contributed by atoms with Crippen LogP contribution in [0.1, 0.15) is 1.37 Å². The molecule has 0 atom stereocenters. The molecule has 1 rings (SSSR count). The van der Waals surface area contributed by atoms with E-state index in [2.05, 4.69) is 10.8 Å². The predicted molar refractivity (Wildman–Crippen MR) is 37.7 cm³/mol. The van der Waals surface area contributed by atoms with Gasteiger partial charge in [0.05, 0.1) is 0 Å². The van der Waals surface area contributed by atoms with Gasteiger partial charge in [-0.3, -0.25) is 0 Å². The van der Waals surface area contributed by atoms with Gasteiger partial charge in [-0.05, 0) is 0 Å². The van der Waals surface area contributed by atoms with Crippen LogP contribution in [0.2, 0.25) is 0 Å². The molecule has 1 nitrogen and oxygen atoms in total. The molecule has 0 spiro atoms. The molecule has 1 aromatic carbocycles. The van der Waals surface area contributed by atoms with Crippen molar-refractivity contribution >= 4 is 23.1 Å². The Hall–Kier alpha value is -0.0638. The number of hydrogen-bond acceptors (Lipinski definition) is 1. The number of hydrogen-bond donors (Lipinski definition) is 0. The van der Waals surface area contributed by atoms with Gasteiger partial charge in [-0.15, -0.1) is 12.1 Å². The van der Waals surface area contributed by atoms with Crippen molar-refractivity contribution in [2.24, 2.45) is 0 Å². The molecular weight excluding hydrogens is 198 g/mol. The van der Waals surface area contributed by atoms with E-state index >= 15 is 0 Å². The molecule has 0 aliphatic rings. The average molecular weight is 204 g/mol. The molecule has 0 amide bonds. The summed E-state index contributed by atoms with van der Waals surface area (Å²) in [6.45, 7) is -2.84. The van der Waals surface area contributed by atoms with E-state index in [1.807, 2.05) is 0 Å². The largest absolute Gasteiger partial charge is 2.00 e. The Kier molecular flexibility index (Phi) is 7.54. The molecule has 0 bridgehead atoms. The molecule has 0 N–H and O–H groups in total. The van der Waals surface area contributed by atoms with Crippen LogP contribution >= 0.6 is 0 Å². The molecule has 0 saturated carbocycles. The van der Waals surface area contributed by atoms with Crippen molar-refractivity contribution in [1.82, 2.24) is 0 Å². The van der Waals surface area contributed by atoms with E-state index in [-0.39, 0.29) is 47.3 Å². The van der Waals surface area contributed by atoms with Gasteiger partial charge in [0.15, 0.2) is 0 Å². The van der Waals surface area contributed by atoms with Crippen LogP contribution in [-0.4, -0.2) is 29.7 Å². The van der Waals surface area contributed by atoms with Gasteiger partial charge < -0.3 is 17.1 Å². The van der Waals surface area contributed by atoms with Crippen molar-refractivity contribution in [3.63, 3.8) is 0 Å². The van der Waals surface area contributed by atoms with Gasteiger partial charge in [-0.1, -0.05) is 0 Å². The van der Waals surface area contributed by atoms with Crippen molar-refractivity contribution in [3.8, 4) is 5.75 Å². The molecule has 0 unspecified atom stereocenters. The summed E-state index contributed by atoms with van der Waals surface area (Å²) in [7, 11) is 0. The SMILES string of the molecule is [2H]c1[c-]ccc(OC(F)F)c1.[Cl-].[Mg+2]. The van der Waals surface area contributed by atoms with Crippen molar-refractivity contribution in [2.75, 3.05) is 0 Å². The molecule has 0 aromatic heterocycles. The van der Waals surface area contributed by atoms with Crippen molar-refractivity contribution in [3.05, 3.63) is 30.3 Å². The summed E-state index contributed by atoms with van der Waals surface area (Å²) >= 11 is 0. The van der Waals surface area contributed by atoms with Gasteiger partial charge in [-0.25, -0.2) is 0 Å². The minimum Gasteiger partial charge on any atom is -1.00 e. The van der Waals surface area contributed by atoms with Crippen molar-refractivity contribution < 1.29 is 27.3 Å². The minimum absolute atomic E-state index is 0. The summed E-state index contributed by atoms with van der Waals surface area (Å²) in [5, 5.41) is 0. The minimum atomic E-state index is -2.84. The van der Waals surface area contributed by atoms with Crippen LogP contribution in [0.15, 0.2) is 24.2 Å². The van der Waals surface area contributed by atoms with E-state index in [4.69, 9.17) is 1.37 Å². The number of rotatable bonds is 2. The van der Waals surface area contributed by atoms with Crippen LogP contribution in [-0.2, 0) is 0 Å². The Morgan fingerprint density at radius 2 is 2.17 bits per heavy atom. The third-order valence-electron chi connectivity index (χ3n) is 0.854. The van der Waals surface area contributed by atoms with E-state index < -0.39 is 6.61 Å². The van der Waals surface area contributed by atoms with Gasteiger partial charge in [0.2, 0.25) is 0 Å².